The molecule has 0 aliphatic rings. The van der Waals surface area contributed by atoms with Gasteiger partial charge in [0.15, 0.2) is 0 Å². The highest BCUT2D eigenvalue weighted by Gasteiger charge is 2.04. The summed E-state index contributed by atoms with van der Waals surface area (Å²) in [5.41, 5.74) is 9.12. The first-order valence-electron chi connectivity index (χ1n) is 5.19. The summed E-state index contributed by atoms with van der Waals surface area (Å²) in [4.78, 5) is 0.464. The summed E-state index contributed by atoms with van der Waals surface area (Å²) in [6.07, 6.45) is 0.869. The Morgan fingerprint density at radius 3 is 2.25 bits per heavy atom. The zero-order valence-corrected chi connectivity index (χ0v) is 9.71. The quantitative estimate of drug-likeness (QED) is 0.816. The molecule has 0 unspecified atom stereocenters. The second-order valence-electron chi connectivity index (χ2n) is 3.68. The average Bonchev–Trinajstić information content (AvgIpc) is 2.31. The van der Waals surface area contributed by atoms with Crippen molar-refractivity contribution in [3.8, 4) is 0 Å². The Hall–Kier alpha value is -1.67. The Labute approximate surface area is 101 Å². The van der Waals surface area contributed by atoms with E-state index in [1.807, 2.05) is 36.4 Å². The molecule has 0 saturated carbocycles. The number of thiocarbonyl (C=S) groups is 1. The van der Waals surface area contributed by atoms with E-state index in [0.29, 0.717) is 4.99 Å². The fraction of sp³-hybridized carbons (Fsp3) is 0.0714. The lowest BCUT2D eigenvalue weighted by Crippen LogP contribution is -2.12. The number of hydrogen-bond donors (Lipinski definition) is 1. The van der Waals surface area contributed by atoms with E-state index in [-0.39, 0.29) is 0 Å². The van der Waals surface area contributed by atoms with Crippen molar-refractivity contribution in [3.05, 3.63) is 71.3 Å². The van der Waals surface area contributed by atoms with Crippen LogP contribution < -0.4 is 5.73 Å². The molecule has 1 nitrogen and oxygen atoms in total. The van der Waals surface area contributed by atoms with E-state index in [9.17, 15) is 0 Å². The summed E-state index contributed by atoms with van der Waals surface area (Å²) in [5, 5.41) is 0. The molecule has 0 radical (unpaired) electrons. The Morgan fingerprint density at radius 2 is 1.56 bits per heavy atom. The normalized spacial score (nSPS) is 10.0. The van der Waals surface area contributed by atoms with Crippen LogP contribution in [0.5, 0.6) is 0 Å². The molecule has 2 N–H and O–H groups in total. The number of nitrogens with two attached hydrogens (primary N) is 1. The minimum atomic E-state index is 0.464. The van der Waals surface area contributed by atoms with Crippen LogP contribution in [0, 0.1) is 0 Å². The van der Waals surface area contributed by atoms with Gasteiger partial charge in [-0.3, -0.25) is 0 Å². The summed E-state index contributed by atoms with van der Waals surface area (Å²) in [5.74, 6) is 0. The maximum atomic E-state index is 5.70. The number of benzene rings is 2. The van der Waals surface area contributed by atoms with Crippen molar-refractivity contribution in [2.75, 3.05) is 0 Å². The smallest absolute Gasteiger partial charge is 0.104 e. The molecule has 2 rings (SSSR count). The number of rotatable bonds is 3. The van der Waals surface area contributed by atoms with Gasteiger partial charge in [0.25, 0.3) is 0 Å². The lowest BCUT2D eigenvalue weighted by Gasteiger charge is -2.07. The Bertz CT molecular complexity index is 491. The SMILES string of the molecule is NC(=S)c1ccccc1Cc1ccccc1. The molecule has 0 aromatic heterocycles. The van der Waals surface area contributed by atoms with Gasteiger partial charge in [-0.05, 0) is 17.5 Å². The summed E-state index contributed by atoms with van der Waals surface area (Å²) >= 11 is 5.04. The predicted octanol–water partition coefficient (Wildman–Crippen LogP) is 2.91. The van der Waals surface area contributed by atoms with Gasteiger partial charge in [-0.15, -0.1) is 0 Å². The number of hydrogen-bond acceptors (Lipinski definition) is 1. The van der Waals surface area contributed by atoms with E-state index < -0.39 is 0 Å². The zero-order valence-electron chi connectivity index (χ0n) is 8.89. The topological polar surface area (TPSA) is 26.0 Å². The maximum absolute atomic E-state index is 5.70. The minimum absolute atomic E-state index is 0.464. The molecule has 0 aliphatic heterocycles. The van der Waals surface area contributed by atoms with Crippen molar-refractivity contribution >= 4 is 17.2 Å². The summed E-state index contributed by atoms with van der Waals surface area (Å²) < 4.78 is 0. The van der Waals surface area contributed by atoms with Gasteiger partial charge in [0.05, 0.1) is 0 Å². The Morgan fingerprint density at radius 1 is 0.938 bits per heavy atom. The molecule has 0 saturated heterocycles. The third-order valence-electron chi connectivity index (χ3n) is 2.52. The second-order valence-corrected chi connectivity index (χ2v) is 4.12. The van der Waals surface area contributed by atoms with E-state index in [1.165, 1.54) is 11.1 Å². The van der Waals surface area contributed by atoms with Gasteiger partial charge in [0.2, 0.25) is 0 Å². The Kier molecular flexibility index (Phi) is 3.32. The highest BCUT2D eigenvalue weighted by Crippen LogP contribution is 2.14. The van der Waals surface area contributed by atoms with Crippen LogP contribution >= 0.6 is 12.2 Å². The van der Waals surface area contributed by atoms with Crippen LogP contribution in [0.15, 0.2) is 54.6 Å². The van der Waals surface area contributed by atoms with Crippen molar-refractivity contribution in [2.45, 2.75) is 6.42 Å². The van der Waals surface area contributed by atoms with Crippen LogP contribution in [0.25, 0.3) is 0 Å². The molecule has 2 aromatic carbocycles. The molecule has 0 fully saturated rings. The van der Waals surface area contributed by atoms with E-state index in [0.717, 1.165) is 12.0 Å². The summed E-state index contributed by atoms with van der Waals surface area (Å²) in [6, 6.07) is 18.3. The molecule has 0 amide bonds. The minimum Gasteiger partial charge on any atom is -0.389 e. The van der Waals surface area contributed by atoms with Crippen LogP contribution in [-0.2, 0) is 6.42 Å². The maximum Gasteiger partial charge on any atom is 0.104 e. The van der Waals surface area contributed by atoms with Gasteiger partial charge in [-0.2, -0.15) is 0 Å². The molecule has 0 atom stereocenters. The van der Waals surface area contributed by atoms with Crippen LogP contribution in [0.2, 0.25) is 0 Å². The van der Waals surface area contributed by atoms with Crippen molar-refractivity contribution in [3.63, 3.8) is 0 Å². The molecule has 0 aliphatic carbocycles. The van der Waals surface area contributed by atoms with Gasteiger partial charge in [0.1, 0.15) is 4.99 Å². The first-order chi connectivity index (χ1) is 7.77. The van der Waals surface area contributed by atoms with E-state index in [4.69, 9.17) is 18.0 Å². The van der Waals surface area contributed by atoms with Crippen molar-refractivity contribution < 1.29 is 0 Å². The molecule has 0 heterocycles. The molecule has 0 spiro atoms. The van der Waals surface area contributed by atoms with Crippen molar-refractivity contribution in [2.24, 2.45) is 5.73 Å². The lowest BCUT2D eigenvalue weighted by molar-refractivity contribution is 1.18. The molecule has 2 aromatic rings. The highest BCUT2D eigenvalue weighted by atomic mass is 32.1. The van der Waals surface area contributed by atoms with E-state index in [1.54, 1.807) is 0 Å². The fourth-order valence-electron chi connectivity index (χ4n) is 1.73. The van der Waals surface area contributed by atoms with Crippen LogP contribution in [0.3, 0.4) is 0 Å². The van der Waals surface area contributed by atoms with Crippen LogP contribution in [-0.4, -0.2) is 4.99 Å². The highest BCUT2D eigenvalue weighted by molar-refractivity contribution is 7.80. The van der Waals surface area contributed by atoms with Gasteiger partial charge in [-0.25, -0.2) is 0 Å². The van der Waals surface area contributed by atoms with Crippen LogP contribution in [0.1, 0.15) is 16.7 Å². The monoisotopic (exact) mass is 227 g/mol. The third kappa shape index (κ3) is 2.47. The molecular formula is C14H13NS. The molecule has 16 heavy (non-hydrogen) atoms. The van der Waals surface area contributed by atoms with Gasteiger partial charge < -0.3 is 5.73 Å². The second kappa shape index (κ2) is 4.90. The fourth-order valence-corrected chi connectivity index (χ4v) is 1.93. The predicted molar refractivity (Wildman–Crippen MR) is 71.6 cm³/mol. The van der Waals surface area contributed by atoms with E-state index >= 15 is 0 Å². The molecular weight excluding hydrogens is 214 g/mol. The van der Waals surface area contributed by atoms with Crippen molar-refractivity contribution in [1.82, 2.24) is 0 Å². The lowest BCUT2D eigenvalue weighted by atomic mass is 10.00. The first-order valence-corrected chi connectivity index (χ1v) is 5.60. The summed E-state index contributed by atoms with van der Waals surface area (Å²) in [7, 11) is 0. The largest absolute Gasteiger partial charge is 0.389 e. The standard InChI is InChI=1S/C14H13NS/c15-14(16)13-9-5-4-8-12(13)10-11-6-2-1-3-7-11/h1-9H,10H2,(H2,15,16). The van der Waals surface area contributed by atoms with Gasteiger partial charge in [-0.1, -0.05) is 66.8 Å². The summed E-state index contributed by atoms with van der Waals surface area (Å²) in [6.45, 7) is 0. The first kappa shape index (κ1) is 10.8. The molecule has 2 heteroatoms. The van der Waals surface area contributed by atoms with Gasteiger partial charge in [0, 0.05) is 5.56 Å². The van der Waals surface area contributed by atoms with Gasteiger partial charge >= 0.3 is 0 Å². The Balaban J connectivity index is 2.31. The molecule has 0 bridgehead atoms. The van der Waals surface area contributed by atoms with Crippen LogP contribution in [0.4, 0.5) is 0 Å². The zero-order chi connectivity index (χ0) is 11.4. The van der Waals surface area contributed by atoms with E-state index in [2.05, 4.69) is 18.2 Å². The third-order valence-corrected chi connectivity index (χ3v) is 2.74. The molecule has 80 valence electrons. The van der Waals surface area contributed by atoms with Crippen molar-refractivity contribution in [1.29, 1.82) is 0 Å². The average molecular weight is 227 g/mol.